The number of amides is 1. The zero-order valence-corrected chi connectivity index (χ0v) is 15.3. The van der Waals surface area contributed by atoms with Crippen molar-refractivity contribution in [3.05, 3.63) is 29.8 Å². The first-order valence-corrected chi connectivity index (χ1v) is 9.89. The van der Waals surface area contributed by atoms with E-state index in [1.165, 1.54) is 24.3 Å². The average Bonchev–Trinajstić information content (AvgIpc) is 2.99. The van der Waals surface area contributed by atoms with E-state index in [0.717, 1.165) is 6.42 Å². The highest BCUT2D eigenvalue weighted by Gasteiger charge is 2.20. The van der Waals surface area contributed by atoms with Crippen molar-refractivity contribution in [2.24, 2.45) is 0 Å². The number of esters is 1. The summed E-state index contributed by atoms with van der Waals surface area (Å²) in [6.07, 6.45) is 2.07. The Bertz CT molecular complexity index is 715. The van der Waals surface area contributed by atoms with Gasteiger partial charge in [-0.25, -0.2) is 17.9 Å². The Balaban J connectivity index is 1.90. The van der Waals surface area contributed by atoms with Crippen molar-refractivity contribution in [2.45, 2.75) is 44.0 Å². The molecule has 2 rings (SSSR count). The van der Waals surface area contributed by atoms with Gasteiger partial charge in [0.2, 0.25) is 15.9 Å². The molecule has 1 fully saturated rings. The zero-order valence-electron chi connectivity index (χ0n) is 14.5. The number of hydrogen-bond acceptors (Lipinski definition) is 5. The predicted molar refractivity (Wildman–Crippen MR) is 92.6 cm³/mol. The summed E-state index contributed by atoms with van der Waals surface area (Å²) in [5, 5.41) is 0. The van der Waals surface area contributed by atoms with Crippen LogP contribution in [0.1, 0.15) is 43.5 Å². The van der Waals surface area contributed by atoms with Crippen LogP contribution < -0.4 is 4.72 Å². The van der Waals surface area contributed by atoms with Gasteiger partial charge in [0, 0.05) is 19.0 Å². The molecule has 1 aliphatic heterocycles. The minimum atomic E-state index is -3.59. The lowest BCUT2D eigenvalue weighted by Crippen LogP contribution is -2.32. The molecule has 1 amide bonds. The van der Waals surface area contributed by atoms with Crippen LogP contribution in [0.25, 0.3) is 0 Å². The van der Waals surface area contributed by atoms with Gasteiger partial charge in [-0.15, -0.1) is 0 Å². The summed E-state index contributed by atoms with van der Waals surface area (Å²) in [6.45, 7) is 4.89. The number of nitrogens with zero attached hydrogens (tertiary/aromatic N) is 1. The fourth-order valence-corrected chi connectivity index (χ4v) is 3.79. The summed E-state index contributed by atoms with van der Waals surface area (Å²) in [5.74, 6) is -0.454. The Kier molecular flexibility index (Phi) is 6.55. The highest BCUT2D eigenvalue weighted by Crippen LogP contribution is 2.13. The fraction of sp³-hybridized carbons (Fsp3) is 0.529. The Morgan fingerprint density at radius 3 is 2.56 bits per heavy atom. The van der Waals surface area contributed by atoms with Gasteiger partial charge in [0.15, 0.2) is 0 Å². The third-order valence-electron chi connectivity index (χ3n) is 4.13. The molecule has 8 heteroatoms. The molecule has 0 bridgehead atoms. The van der Waals surface area contributed by atoms with Crippen molar-refractivity contribution in [1.82, 2.24) is 9.62 Å². The Morgan fingerprint density at radius 2 is 2.00 bits per heavy atom. The molecule has 1 aromatic carbocycles. The molecule has 138 valence electrons. The van der Waals surface area contributed by atoms with E-state index in [4.69, 9.17) is 4.74 Å². The van der Waals surface area contributed by atoms with Crippen LogP contribution in [0, 0.1) is 0 Å². The minimum absolute atomic E-state index is 0.0828. The van der Waals surface area contributed by atoms with E-state index in [9.17, 15) is 18.0 Å². The monoisotopic (exact) mass is 368 g/mol. The van der Waals surface area contributed by atoms with Crippen molar-refractivity contribution in [1.29, 1.82) is 0 Å². The van der Waals surface area contributed by atoms with Crippen molar-refractivity contribution in [3.8, 4) is 0 Å². The van der Waals surface area contributed by atoms with Crippen molar-refractivity contribution < 1.29 is 22.7 Å². The number of sulfonamides is 1. The first-order chi connectivity index (χ1) is 11.8. The molecule has 1 saturated heterocycles. The number of ether oxygens (including phenoxy) is 1. The van der Waals surface area contributed by atoms with Gasteiger partial charge in [0.25, 0.3) is 0 Å². The van der Waals surface area contributed by atoms with E-state index < -0.39 is 16.0 Å². The molecular formula is C17H24N2O5S. The van der Waals surface area contributed by atoms with Crippen molar-refractivity contribution in [3.63, 3.8) is 0 Å². The van der Waals surface area contributed by atoms with Crippen LogP contribution in [0.5, 0.6) is 0 Å². The number of carbonyl (C=O) groups is 2. The second kappa shape index (κ2) is 8.44. The van der Waals surface area contributed by atoms with Crippen LogP contribution in [0.4, 0.5) is 0 Å². The third-order valence-corrected chi connectivity index (χ3v) is 5.74. The molecule has 1 aromatic rings. The minimum Gasteiger partial charge on any atom is -0.460 e. The number of likely N-dealkylation sites (tertiary alicyclic amines) is 1. The lowest BCUT2D eigenvalue weighted by Gasteiger charge is -2.15. The van der Waals surface area contributed by atoms with Gasteiger partial charge in [0.05, 0.1) is 17.0 Å². The molecule has 1 aliphatic rings. The molecule has 0 saturated carbocycles. The molecule has 1 N–H and O–H groups in total. The summed E-state index contributed by atoms with van der Waals surface area (Å²) >= 11 is 0. The normalized spacial score (nSPS) is 16.1. The van der Waals surface area contributed by atoms with Gasteiger partial charge in [0.1, 0.15) is 6.61 Å². The Hall–Kier alpha value is -1.93. The molecule has 0 radical (unpaired) electrons. The van der Waals surface area contributed by atoms with Crippen LogP contribution in [0.3, 0.4) is 0 Å². The molecule has 0 spiro atoms. The van der Waals surface area contributed by atoms with Crippen LogP contribution in [0.15, 0.2) is 29.2 Å². The number of carbonyl (C=O) groups excluding carboxylic acids is 2. The Labute approximate surface area is 148 Å². The van der Waals surface area contributed by atoms with E-state index in [2.05, 4.69) is 4.72 Å². The largest absolute Gasteiger partial charge is 0.460 e. The lowest BCUT2D eigenvalue weighted by atomic mass is 10.2. The number of nitrogens with one attached hydrogen (secondary N) is 1. The number of hydrogen-bond donors (Lipinski definition) is 1. The quantitative estimate of drug-likeness (QED) is 0.703. The van der Waals surface area contributed by atoms with Gasteiger partial charge in [-0.2, -0.15) is 0 Å². The maximum atomic E-state index is 12.2. The predicted octanol–water partition coefficient (Wildman–Crippen LogP) is 1.54. The molecular weight excluding hydrogens is 344 g/mol. The average molecular weight is 368 g/mol. The summed E-state index contributed by atoms with van der Waals surface area (Å²) in [6, 6.07) is 5.45. The second-order valence-electron chi connectivity index (χ2n) is 6.08. The maximum absolute atomic E-state index is 12.2. The smallest absolute Gasteiger partial charge is 0.338 e. The number of benzene rings is 1. The topological polar surface area (TPSA) is 92.8 Å². The molecule has 1 atom stereocenters. The fourth-order valence-electron chi connectivity index (χ4n) is 2.46. The highest BCUT2D eigenvalue weighted by atomic mass is 32.2. The van der Waals surface area contributed by atoms with Gasteiger partial charge >= 0.3 is 5.97 Å². The molecule has 25 heavy (non-hydrogen) atoms. The standard InChI is InChI=1S/C17H24N2O5S/c1-3-13(2)18-25(22,23)15-8-6-14(7-9-15)17(21)24-12-11-19-10-4-5-16(19)20/h6-9,13,18H,3-5,10-12H2,1-2H3. The molecule has 1 heterocycles. The van der Waals surface area contributed by atoms with Crippen LogP contribution in [-0.2, 0) is 19.6 Å². The summed E-state index contributed by atoms with van der Waals surface area (Å²) in [5.41, 5.74) is 0.273. The third kappa shape index (κ3) is 5.27. The van der Waals surface area contributed by atoms with Gasteiger partial charge in [-0.3, -0.25) is 4.79 Å². The van der Waals surface area contributed by atoms with Crippen molar-refractivity contribution >= 4 is 21.9 Å². The van der Waals surface area contributed by atoms with E-state index in [-0.39, 0.29) is 29.0 Å². The van der Waals surface area contributed by atoms with Gasteiger partial charge in [-0.1, -0.05) is 6.92 Å². The second-order valence-corrected chi connectivity index (χ2v) is 7.79. The number of rotatable bonds is 8. The lowest BCUT2D eigenvalue weighted by molar-refractivity contribution is -0.128. The summed E-state index contributed by atoms with van der Waals surface area (Å²) < 4.78 is 32.0. The summed E-state index contributed by atoms with van der Waals surface area (Å²) in [4.78, 5) is 25.2. The first kappa shape index (κ1) is 19.4. The highest BCUT2D eigenvalue weighted by molar-refractivity contribution is 7.89. The van der Waals surface area contributed by atoms with E-state index >= 15 is 0 Å². The maximum Gasteiger partial charge on any atom is 0.338 e. The molecule has 1 unspecified atom stereocenters. The zero-order chi connectivity index (χ0) is 18.4. The van der Waals surface area contributed by atoms with Gasteiger partial charge < -0.3 is 9.64 Å². The van der Waals surface area contributed by atoms with E-state index in [1.54, 1.807) is 11.8 Å². The first-order valence-electron chi connectivity index (χ1n) is 8.40. The van der Waals surface area contributed by atoms with Crippen LogP contribution in [0.2, 0.25) is 0 Å². The van der Waals surface area contributed by atoms with Crippen LogP contribution in [-0.4, -0.2) is 50.9 Å². The SMILES string of the molecule is CCC(C)NS(=O)(=O)c1ccc(C(=O)OCCN2CCCC2=O)cc1. The molecule has 0 aliphatic carbocycles. The van der Waals surface area contributed by atoms with Crippen LogP contribution >= 0.6 is 0 Å². The molecule has 0 aromatic heterocycles. The van der Waals surface area contributed by atoms with E-state index in [0.29, 0.717) is 25.9 Å². The molecule has 7 nitrogen and oxygen atoms in total. The van der Waals surface area contributed by atoms with E-state index in [1.807, 2.05) is 6.92 Å². The Morgan fingerprint density at radius 1 is 1.32 bits per heavy atom. The van der Waals surface area contributed by atoms with Gasteiger partial charge in [-0.05, 0) is 44.0 Å². The van der Waals surface area contributed by atoms with Crippen molar-refractivity contribution in [2.75, 3.05) is 19.7 Å². The summed E-state index contributed by atoms with van der Waals surface area (Å²) in [7, 11) is -3.59.